The molecule has 0 spiro atoms. The molecule has 1 aromatic rings. The fourth-order valence-corrected chi connectivity index (χ4v) is 0.873. The van der Waals surface area contributed by atoms with Gasteiger partial charge in [-0.05, 0) is 6.42 Å². The Morgan fingerprint density at radius 1 is 1.69 bits per heavy atom. The van der Waals surface area contributed by atoms with Gasteiger partial charge in [0.05, 0.1) is 0 Å². The number of unbranched alkanes of at least 4 members (excludes halogenated alkanes) is 1. The third-order valence-corrected chi connectivity index (χ3v) is 1.58. The normalized spacial score (nSPS) is 9.92. The van der Waals surface area contributed by atoms with Gasteiger partial charge in [0.1, 0.15) is 0 Å². The Labute approximate surface area is 76.4 Å². The van der Waals surface area contributed by atoms with Crippen LogP contribution in [-0.4, -0.2) is 22.4 Å². The zero-order valence-electron chi connectivity index (χ0n) is 7.49. The van der Waals surface area contributed by atoms with Gasteiger partial charge in [-0.1, -0.05) is 13.3 Å². The minimum absolute atomic E-state index is 0.351. The van der Waals surface area contributed by atoms with Crippen molar-refractivity contribution in [3.8, 4) is 5.88 Å². The molecule has 0 saturated carbocycles. The average Bonchev–Trinajstić information content (AvgIpc) is 2.52. The lowest BCUT2D eigenvalue weighted by molar-refractivity contribution is 0.238. The summed E-state index contributed by atoms with van der Waals surface area (Å²) in [4.78, 5) is 11.2. The molecule has 1 radical (unpaired) electrons. The third kappa shape index (κ3) is 2.77. The van der Waals surface area contributed by atoms with Crippen molar-refractivity contribution in [2.45, 2.75) is 19.8 Å². The van der Waals surface area contributed by atoms with E-state index < -0.39 is 5.88 Å². The number of hydrogen-bond acceptors (Lipinski definition) is 2. The van der Waals surface area contributed by atoms with Crippen molar-refractivity contribution in [3.05, 3.63) is 12.3 Å². The summed E-state index contributed by atoms with van der Waals surface area (Å²) >= 11 is 0. The predicted molar refractivity (Wildman–Crippen MR) is 46.1 cm³/mol. The van der Waals surface area contributed by atoms with E-state index in [1.54, 1.807) is 0 Å². The fraction of sp³-hybridized carbons (Fsp3) is 0.500. The van der Waals surface area contributed by atoms with Crippen LogP contribution in [0.15, 0.2) is 12.3 Å². The van der Waals surface area contributed by atoms with Gasteiger partial charge in [0, 0.05) is 18.8 Å². The van der Waals surface area contributed by atoms with Crippen LogP contribution < -0.4 is 5.32 Å². The molecule has 0 saturated heterocycles. The molecule has 1 amide bonds. The Kier molecular flexibility index (Phi) is 3.31. The van der Waals surface area contributed by atoms with Crippen LogP contribution in [0.3, 0.4) is 0 Å². The number of carbonyl (C=O) groups excluding carboxylic acids is 1. The number of hydrogen-bond donors (Lipinski definition) is 1. The Morgan fingerprint density at radius 2 is 2.46 bits per heavy atom. The van der Waals surface area contributed by atoms with Gasteiger partial charge in [-0.25, -0.2) is 4.79 Å². The Balaban J connectivity index is 2.40. The average molecular weight is 182 g/mol. The molecule has 5 heteroatoms. The fourth-order valence-electron chi connectivity index (χ4n) is 0.873. The molecule has 0 aliphatic rings. The van der Waals surface area contributed by atoms with Crippen LogP contribution in [0.25, 0.3) is 0 Å². The summed E-state index contributed by atoms with van der Waals surface area (Å²) in [6.07, 6.45) is 3.30. The second kappa shape index (κ2) is 4.49. The number of nitrogens with zero attached hydrogens (tertiary/aromatic N) is 2. The largest absolute Gasteiger partial charge is 0.342 e. The highest BCUT2D eigenvalue weighted by Gasteiger charge is 2.05. The van der Waals surface area contributed by atoms with Gasteiger partial charge in [0.15, 0.2) is 0 Å². The lowest BCUT2D eigenvalue weighted by atomic mass is 10.3. The van der Waals surface area contributed by atoms with E-state index in [0.29, 0.717) is 6.54 Å². The van der Waals surface area contributed by atoms with E-state index in [-0.39, 0.29) is 6.03 Å². The molecule has 5 nitrogen and oxygen atoms in total. The van der Waals surface area contributed by atoms with E-state index >= 15 is 0 Å². The monoisotopic (exact) mass is 182 g/mol. The van der Waals surface area contributed by atoms with Crippen LogP contribution in [-0.2, 0) is 5.11 Å². The zero-order valence-corrected chi connectivity index (χ0v) is 7.49. The van der Waals surface area contributed by atoms with Crippen LogP contribution in [0.1, 0.15) is 19.8 Å². The molecule has 0 atom stereocenters. The number of carbonyl (C=O) groups is 1. The molecule has 0 unspecified atom stereocenters. The molecule has 13 heavy (non-hydrogen) atoms. The smallest absolute Gasteiger partial charge is 0.336 e. The van der Waals surface area contributed by atoms with Crippen molar-refractivity contribution >= 4 is 6.03 Å². The molecule has 1 N–H and O–H groups in total. The van der Waals surface area contributed by atoms with E-state index in [2.05, 4.69) is 10.4 Å². The molecular weight excluding hydrogens is 170 g/mol. The summed E-state index contributed by atoms with van der Waals surface area (Å²) in [5, 5.41) is 16.7. The van der Waals surface area contributed by atoms with Gasteiger partial charge in [-0.2, -0.15) is 4.68 Å². The second-order valence-electron chi connectivity index (χ2n) is 2.68. The molecular formula is C8H12N3O2. The minimum atomic E-state index is -0.398. The predicted octanol–water partition coefficient (Wildman–Crippen LogP) is 1.38. The summed E-state index contributed by atoms with van der Waals surface area (Å²) in [7, 11) is 0. The van der Waals surface area contributed by atoms with Crippen LogP contribution in [0.5, 0.6) is 5.88 Å². The molecule has 1 rings (SSSR count). The van der Waals surface area contributed by atoms with Crippen molar-refractivity contribution in [2.24, 2.45) is 0 Å². The maximum atomic E-state index is 11.2. The number of amides is 1. The van der Waals surface area contributed by atoms with Crippen LogP contribution >= 0.6 is 0 Å². The Hall–Kier alpha value is -1.52. The third-order valence-electron chi connectivity index (χ3n) is 1.58. The molecule has 1 heterocycles. The zero-order chi connectivity index (χ0) is 9.68. The van der Waals surface area contributed by atoms with Gasteiger partial charge in [0.25, 0.3) is 5.88 Å². The van der Waals surface area contributed by atoms with E-state index in [0.717, 1.165) is 17.5 Å². The summed E-state index contributed by atoms with van der Waals surface area (Å²) in [5.41, 5.74) is 0. The lowest BCUT2D eigenvalue weighted by Gasteiger charge is -2.02. The summed E-state index contributed by atoms with van der Waals surface area (Å²) in [5.74, 6) is -0.398. The van der Waals surface area contributed by atoms with Crippen LogP contribution in [0, 0.1) is 0 Å². The first-order chi connectivity index (χ1) is 6.24. The molecule has 71 valence electrons. The topological polar surface area (TPSA) is 66.8 Å². The number of aromatic nitrogens is 2. The van der Waals surface area contributed by atoms with E-state index in [1.807, 2.05) is 6.92 Å². The number of rotatable bonds is 3. The standard InChI is InChI=1S/C8H12N3O2/c1-2-3-5-9-8(13)11-6-4-7(12)10-11/h4,6H,2-3,5H2,1H3,(H,9,13). The van der Waals surface area contributed by atoms with E-state index in [9.17, 15) is 9.90 Å². The van der Waals surface area contributed by atoms with Crippen molar-refractivity contribution < 1.29 is 9.90 Å². The number of nitrogens with one attached hydrogen (secondary N) is 1. The molecule has 0 aromatic carbocycles. The first-order valence-electron chi connectivity index (χ1n) is 4.25. The maximum Gasteiger partial charge on any atom is 0.342 e. The van der Waals surface area contributed by atoms with Crippen molar-refractivity contribution in [2.75, 3.05) is 6.54 Å². The molecule has 0 fully saturated rings. The first kappa shape index (κ1) is 9.57. The minimum Gasteiger partial charge on any atom is -0.336 e. The summed E-state index contributed by atoms with van der Waals surface area (Å²) < 4.78 is 1.01. The second-order valence-corrected chi connectivity index (χ2v) is 2.68. The van der Waals surface area contributed by atoms with Crippen LogP contribution in [0.2, 0.25) is 0 Å². The molecule has 1 aromatic heterocycles. The summed E-state index contributed by atoms with van der Waals surface area (Å²) in [6.45, 7) is 2.65. The van der Waals surface area contributed by atoms with Crippen LogP contribution in [0.4, 0.5) is 4.79 Å². The Bertz CT molecular complexity index is 283. The van der Waals surface area contributed by atoms with Gasteiger partial charge in [0.2, 0.25) is 0 Å². The first-order valence-corrected chi connectivity index (χ1v) is 4.25. The summed E-state index contributed by atoms with van der Waals surface area (Å²) in [6, 6.07) is 0.898. The molecule has 0 aliphatic carbocycles. The maximum absolute atomic E-state index is 11.2. The SMILES string of the molecule is CCCCNC(=O)n1ccc([O])n1. The highest BCUT2D eigenvalue weighted by atomic mass is 16.3. The Morgan fingerprint density at radius 3 is 3.00 bits per heavy atom. The van der Waals surface area contributed by atoms with Gasteiger partial charge >= 0.3 is 6.03 Å². The van der Waals surface area contributed by atoms with Gasteiger partial charge in [-0.3, -0.25) is 5.11 Å². The highest BCUT2D eigenvalue weighted by molar-refractivity contribution is 5.75. The highest BCUT2D eigenvalue weighted by Crippen LogP contribution is 2.01. The molecule has 0 aliphatic heterocycles. The van der Waals surface area contributed by atoms with E-state index in [4.69, 9.17) is 0 Å². The van der Waals surface area contributed by atoms with Crippen molar-refractivity contribution in [3.63, 3.8) is 0 Å². The van der Waals surface area contributed by atoms with E-state index in [1.165, 1.54) is 12.3 Å². The lowest BCUT2D eigenvalue weighted by Crippen LogP contribution is -2.29. The van der Waals surface area contributed by atoms with Crippen molar-refractivity contribution in [1.29, 1.82) is 0 Å². The van der Waals surface area contributed by atoms with Crippen molar-refractivity contribution in [1.82, 2.24) is 15.1 Å². The van der Waals surface area contributed by atoms with Gasteiger partial charge < -0.3 is 5.32 Å². The quantitative estimate of drug-likeness (QED) is 0.717. The van der Waals surface area contributed by atoms with Gasteiger partial charge in [-0.15, -0.1) is 5.10 Å². The molecule has 0 bridgehead atoms.